The van der Waals surface area contributed by atoms with Gasteiger partial charge in [-0.1, -0.05) is 288 Å². The van der Waals surface area contributed by atoms with Gasteiger partial charge in [-0.15, -0.1) is 0 Å². The summed E-state index contributed by atoms with van der Waals surface area (Å²) in [6.07, 6.45) is 71.1. The number of aliphatic hydroxyl groups is 3. The van der Waals surface area contributed by atoms with Gasteiger partial charge in [-0.25, -0.2) is 0 Å². The van der Waals surface area contributed by atoms with Crippen LogP contribution in [0.4, 0.5) is 0 Å². The molecule has 0 rings (SSSR count). The van der Waals surface area contributed by atoms with E-state index in [1.54, 1.807) is 6.08 Å². The van der Waals surface area contributed by atoms with Crippen molar-refractivity contribution in [1.29, 1.82) is 0 Å². The zero-order valence-electron chi connectivity index (χ0n) is 43.2. The van der Waals surface area contributed by atoms with E-state index in [1.807, 2.05) is 6.08 Å². The molecule has 0 heterocycles. The summed E-state index contributed by atoms with van der Waals surface area (Å²) in [5.74, 6) is -0.510. The summed E-state index contributed by atoms with van der Waals surface area (Å²) < 4.78 is 0. The maximum Gasteiger partial charge on any atom is 0.249 e. The summed E-state index contributed by atoms with van der Waals surface area (Å²) in [5, 5.41) is 33.2. The van der Waals surface area contributed by atoms with E-state index in [4.69, 9.17) is 0 Å². The molecule has 0 aromatic heterocycles. The molecule has 0 aliphatic rings. The van der Waals surface area contributed by atoms with Crippen LogP contribution in [-0.2, 0) is 4.79 Å². The predicted octanol–water partition coefficient (Wildman–Crippen LogP) is 17.8. The molecular formula is C59H113NO4. The number of hydrogen-bond acceptors (Lipinski definition) is 4. The van der Waals surface area contributed by atoms with Crippen LogP contribution in [0.25, 0.3) is 0 Å². The SMILES string of the molecule is CCCCCCCCCC/C=C/CC/C=C/C(O)C(CO)NC(=O)C(O)CCCCCCCCCCCCCCCCCC/C=C\CCCCCCCCCCCCCCCCCC. The van der Waals surface area contributed by atoms with E-state index < -0.39 is 24.2 Å². The molecule has 0 saturated heterocycles. The van der Waals surface area contributed by atoms with Crippen molar-refractivity contribution in [2.45, 2.75) is 327 Å². The number of carbonyl (C=O) groups is 1. The predicted molar refractivity (Wildman–Crippen MR) is 282 cm³/mol. The molecule has 5 nitrogen and oxygen atoms in total. The smallest absolute Gasteiger partial charge is 0.249 e. The Balaban J connectivity index is 3.49. The van der Waals surface area contributed by atoms with Gasteiger partial charge in [0.25, 0.3) is 0 Å². The Labute approximate surface area is 400 Å². The lowest BCUT2D eigenvalue weighted by molar-refractivity contribution is -0.131. The lowest BCUT2D eigenvalue weighted by Crippen LogP contribution is -2.48. The second-order valence-electron chi connectivity index (χ2n) is 19.8. The highest BCUT2D eigenvalue weighted by Crippen LogP contribution is 2.17. The van der Waals surface area contributed by atoms with Crippen LogP contribution in [0.1, 0.15) is 309 Å². The molecule has 0 spiro atoms. The van der Waals surface area contributed by atoms with Crippen LogP contribution in [-0.4, -0.2) is 46.1 Å². The molecule has 0 aromatic carbocycles. The number of aliphatic hydroxyl groups excluding tert-OH is 3. The van der Waals surface area contributed by atoms with Gasteiger partial charge in [-0.05, 0) is 57.8 Å². The molecule has 0 aromatic rings. The first kappa shape index (κ1) is 62.6. The van der Waals surface area contributed by atoms with Crippen molar-refractivity contribution < 1.29 is 20.1 Å². The van der Waals surface area contributed by atoms with Crippen LogP contribution in [0.5, 0.6) is 0 Å². The van der Waals surface area contributed by atoms with Crippen molar-refractivity contribution >= 4 is 5.91 Å². The fourth-order valence-electron chi connectivity index (χ4n) is 8.96. The van der Waals surface area contributed by atoms with E-state index >= 15 is 0 Å². The minimum Gasteiger partial charge on any atom is -0.394 e. The van der Waals surface area contributed by atoms with Crippen LogP contribution in [0.3, 0.4) is 0 Å². The van der Waals surface area contributed by atoms with Crippen LogP contribution in [0, 0.1) is 0 Å². The Morgan fingerprint density at radius 2 is 0.641 bits per heavy atom. The number of rotatable bonds is 53. The molecule has 3 unspecified atom stereocenters. The van der Waals surface area contributed by atoms with E-state index in [2.05, 4.69) is 43.5 Å². The van der Waals surface area contributed by atoms with Crippen LogP contribution in [0.15, 0.2) is 36.5 Å². The average molecular weight is 901 g/mol. The van der Waals surface area contributed by atoms with Gasteiger partial charge < -0.3 is 20.6 Å². The average Bonchev–Trinajstić information content (AvgIpc) is 3.30. The van der Waals surface area contributed by atoms with Crippen molar-refractivity contribution in [2.75, 3.05) is 6.61 Å². The monoisotopic (exact) mass is 900 g/mol. The lowest BCUT2D eigenvalue weighted by atomic mass is 10.0. The second-order valence-corrected chi connectivity index (χ2v) is 19.8. The summed E-state index contributed by atoms with van der Waals surface area (Å²) in [4.78, 5) is 12.5. The fraction of sp³-hybridized carbons (Fsp3) is 0.881. The highest BCUT2D eigenvalue weighted by atomic mass is 16.3. The molecule has 378 valence electrons. The molecule has 4 N–H and O–H groups in total. The summed E-state index contributed by atoms with van der Waals surface area (Å²) in [7, 11) is 0. The molecule has 0 radical (unpaired) electrons. The minimum absolute atomic E-state index is 0.374. The summed E-state index contributed by atoms with van der Waals surface area (Å²) in [6.45, 7) is 4.19. The zero-order valence-corrected chi connectivity index (χ0v) is 43.2. The van der Waals surface area contributed by atoms with Gasteiger partial charge in [-0.2, -0.15) is 0 Å². The maximum atomic E-state index is 12.5. The third kappa shape index (κ3) is 48.5. The van der Waals surface area contributed by atoms with E-state index in [1.165, 1.54) is 250 Å². The molecule has 0 bridgehead atoms. The third-order valence-corrected chi connectivity index (χ3v) is 13.5. The Morgan fingerprint density at radius 3 is 0.953 bits per heavy atom. The van der Waals surface area contributed by atoms with E-state index in [0.29, 0.717) is 6.42 Å². The first-order valence-electron chi connectivity index (χ1n) is 28.8. The quantitative estimate of drug-likeness (QED) is 0.0362. The molecule has 0 aliphatic heterocycles. The molecule has 0 fully saturated rings. The molecular weight excluding hydrogens is 787 g/mol. The van der Waals surface area contributed by atoms with Crippen molar-refractivity contribution in [1.82, 2.24) is 5.32 Å². The second kappa shape index (κ2) is 54.2. The highest BCUT2D eigenvalue weighted by molar-refractivity contribution is 5.80. The first-order valence-corrected chi connectivity index (χ1v) is 28.8. The number of amides is 1. The van der Waals surface area contributed by atoms with Gasteiger partial charge in [0.1, 0.15) is 6.10 Å². The lowest BCUT2D eigenvalue weighted by Gasteiger charge is -2.21. The van der Waals surface area contributed by atoms with Crippen molar-refractivity contribution in [2.24, 2.45) is 0 Å². The molecule has 5 heteroatoms. The van der Waals surface area contributed by atoms with Gasteiger partial charge in [0.2, 0.25) is 5.91 Å². The standard InChI is InChI=1S/C59H113NO4/c1-3-5-7-9-11-13-15-17-19-20-21-22-23-24-25-26-27-28-29-30-31-32-33-34-35-36-37-38-39-40-42-44-46-48-50-52-54-58(63)59(64)60-56(55-61)57(62)53-51-49-47-45-43-41-18-16-14-12-10-8-6-4-2/h28-29,43,45,51,53,56-58,61-63H,3-27,30-42,44,46-50,52,54-55H2,1-2H3,(H,60,64)/b29-28-,45-43+,53-51+. The van der Waals surface area contributed by atoms with E-state index in [9.17, 15) is 20.1 Å². The molecule has 0 aliphatic carbocycles. The molecule has 64 heavy (non-hydrogen) atoms. The van der Waals surface area contributed by atoms with Crippen molar-refractivity contribution in [3.63, 3.8) is 0 Å². The number of allylic oxidation sites excluding steroid dienone is 5. The summed E-state index contributed by atoms with van der Waals surface area (Å²) in [5.41, 5.74) is 0. The van der Waals surface area contributed by atoms with Crippen molar-refractivity contribution in [3.05, 3.63) is 36.5 Å². The zero-order chi connectivity index (χ0) is 46.5. The number of unbranched alkanes of at least 4 members (excludes halogenated alkanes) is 41. The van der Waals surface area contributed by atoms with Gasteiger partial charge >= 0.3 is 0 Å². The number of hydrogen-bond donors (Lipinski definition) is 4. The van der Waals surface area contributed by atoms with E-state index in [0.717, 1.165) is 38.5 Å². The third-order valence-electron chi connectivity index (χ3n) is 13.5. The number of carbonyl (C=O) groups excluding carboxylic acids is 1. The molecule has 3 atom stereocenters. The Bertz CT molecular complexity index is 993. The van der Waals surface area contributed by atoms with Gasteiger partial charge in [0.15, 0.2) is 0 Å². The van der Waals surface area contributed by atoms with Crippen LogP contribution >= 0.6 is 0 Å². The molecule has 1 amide bonds. The van der Waals surface area contributed by atoms with E-state index in [-0.39, 0.29) is 6.61 Å². The van der Waals surface area contributed by atoms with Gasteiger partial charge in [-0.3, -0.25) is 4.79 Å². The first-order chi connectivity index (χ1) is 31.6. The summed E-state index contributed by atoms with van der Waals surface area (Å²) >= 11 is 0. The van der Waals surface area contributed by atoms with Gasteiger partial charge in [0.05, 0.1) is 18.8 Å². The Kier molecular flexibility index (Phi) is 53.0. The van der Waals surface area contributed by atoms with Crippen LogP contribution in [0.2, 0.25) is 0 Å². The van der Waals surface area contributed by atoms with Crippen molar-refractivity contribution in [3.8, 4) is 0 Å². The summed E-state index contributed by atoms with van der Waals surface area (Å²) in [6, 6.07) is -0.813. The van der Waals surface area contributed by atoms with Gasteiger partial charge in [0, 0.05) is 0 Å². The largest absolute Gasteiger partial charge is 0.394 e. The van der Waals surface area contributed by atoms with Crippen LogP contribution < -0.4 is 5.32 Å². The minimum atomic E-state index is -1.10. The maximum absolute atomic E-state index is 12.5. The fourth-order valence-corrected chi connectivity index (χ4v) is 8.96. The Morgan fingerprint density at radius 1 is 0.375 bits per heavy atom. The Hall–Kier alpha value is -1.43. The molecule has 0 saturated carbocycles. The highest BCUT2D eigenvalue weighted by Gasteiger charge is 2.22. The normalized spacial score (nSPS) is 13.5. The topological polar surface area (TPSA) is 89.8 Å². The number of nitrogens with one attached hydrogen (secondary N) is 1.